The summed E-state index contributed by atoms with van der Waals surface area (Å²) in [5.74, 6) is 0.809. The van der Waals surface area contributed by atoms with E-state index in [2.05, 4.69) is 20.5 Å². The second-order valence-electron chi connectivity index (χ2n) is 11.4. The van der Waals surface area contributed by atoms with Gasteiger partial charge in [0, 0.05) is 39.0 Å². The SMILES string of the molecule is CC(=O)c1sc(NC(=O)N[C@H]2CN(C(=O)C3CC3)CC[C@H]2CN2CCC[C@@H](Cc3ccc(F)cc3)C2)nc1C. The number of halogens is 1. The highest BCUT2D eigenvalue weighted by molar-refractivity contribution is 7.17. The first-order valence-corrected chi connectivity index (χ1v) is 14.9. The van der Waals surface area contributed by atoms with Crippen LogP contribution in [0.15, 0.2) is 24.3 Å². The largest absolute Gasteiger partial charge is 0.340 e. The Morgan fingerprint density at radius 2 is 1.85 bits per heavy atom. The Labute approximate surface area is 233 Å². The van der Waals surface area contributed by atoms with E-state index in [1.54, 1.807) is 6.92 Å². The van der Waals surface area contributed by atoms with E-state index in [4.69, 9.17) is 0 Å². The number of amides is 3. The lowest BCUT2D eigenvalue weighted by molar-refractivity contribution is -0.134. The number of carbonyl (C=O) groups is 3. The Kier molecular flexibility index (Phi) is 8.61. The number of nitrogens with one attached hydrogen (secondary N) is 2. The van der Waals surface area contributed by atoms with Gasteiger partial charge in [0.2, 0.25) is 5.91 Å². The number of anilines is 1. The maximum atomic E-state index is 13.3. The van der Waals surface area contributed by atoms with Crippen LogP contribution in [0.4, 0.5) is 14.3 Å². The third-order valence-corrected chi connectivity index (χ3v) is 9.35. The Bertz CT molecular complexity index is 1200. The highest BCUT2D eigenvalue weighted by Gasteiger charge is 2.39. The number of urea groups is 1. The van der Waals surface area contributed by atoms with Gasteiger partial charge in [0.1, 0.15) is 5.82 Å². The molecule has 0 spiro atoms. The van der Waals surface area contributed by atoms with Crippen molar-refractivity contribution in [2.75, 3.05) is 38.0 Å². The summed E-state index contributed by atoms with van der Waals surface area (Å²) in [7, 11) is 0. The van der Waals surface area contributed by atoms with Crippen molar-refractivity contribution < 1.29 is 18.8 Å². The van der Waals surface area contributed by atoms with Crippen LogP contribution >= 0.6 is 11.3 Å². The standard InChI is InChI=1S/C29H38FN5O3S/c1-18-26(19(2)36)39-29(31-18)33-28(38)32-25-17-35(27(37)22-7-8-22)13-11-23(25)16-34-12-3-4-21(15-34)14-20-5-9-24(30)10-6-20/h5-6,9-10,21-23,25H,3-4,7-8,11-17H2,1-2H3,(H2,31,32,33,38)/t21-,23-,25-/m0/s1. The third kappa shape index (κ3) is 7.22. The van der Waals surface area contributed by atoms with E-state index in [0.29, 0.717) is 28.2 Å². The van der Waals surface area contributed by atoms with Crippen molar-refractivity contribution in [2.45, 2.75) is 58.4 Å². The van der Waals surface area contributed by atoms with Gasteiger partial charge in [-0.3, -0.25) is 14.9 Å². The van der Waals surface area contributed by atoms with Crippen LogP contribution < -0.4 is 10.6 Å². The zero-order valence-corrected chi connectivity index (χ0v) is 23.6. The summed E-state index contributed by atoms with van der Waals surface area (Å²) in [6.07, 6.45) is 5.97. The number of benzene rings is 1. The average molecular weight is 556 g/mol. The lowest BCUT2D eigenvalue weighted by Crippen LogP contribution is -2.57. The molecule has 2 N–H and O–H groups in total. The van der Waals surface area contributed by atoms with Crippen LogP contribution in [-0.2, 0) is 11.2 Å². The number of aromatic nitrogens is 1. The van der Waals surface area contributed by atoms with Crippen molar-refractivity contribution in [3.05, 3.63) is 46.2 Å². The van der Waals surface area contributed by atoms with E-state index in [-0.39, 0.29) is 41.4 Å². The smallest absolute Gasteiger partial charge is 0.321 e. The van der Waals surface area contributed by atoms with Crippen LogP contribution in [0.3, 0.4) is 0 Å². The fourth-order valence-corrected chi connectivity index (χ4v) is 6.88. The number of ketones is 1. The zero-order chi connectivity index (χ0) is 27.5. The molecule has 3 atom stereocenters. The molecule has 1 aromatic heterocycles. The maximum Gasteiger partial charge on any atom is 0.321 e. The number of carbonyl (C=O) groups excluding carboxylic acids is 3. The van der Waals surface area contributed by atoms with E-state index < -0.39 is 0 Å². The Balaban J connectivity index is 1.22. The maximum absolute atomic E-state index is 13.3. The van der Waals surface area contributed by atoms with Crippen LogP contribution in [-0.4, -0.2) is 71.3 Å². The summed E-state index contributed by atoms with van der Waals surface area (Å²) in [6, 6.07) is 6.28. The number of hydrogen-bond donors (Lipinski definition) is 2. The fourth-order valence-electron chi connectivity index (χ4n) is 6.02. The quantitative estimate of drug-likeness (QED) is 0.468. The van der Waals surface area contributed by atoms with Gasteiger partial charge in [0.05, 0.1) is 16.6 Å². The Morgan fingerprint density at radius 1 is 1.08 bits per heavy atom. The van der Waals surface area contributed by atoms with E-state index >= 15 is 0 Å². The van der Waals surface area contributed by atoms with Gasteiger partial charge in [-0.1, -0.05) is 23.5 Å². The highest BCUT2D eigenvalue weighted by Crippen LogP contribution is 2.33. The van der Waals surface area contributed by atoms with Gasteiger partial charge < -0.3 is 15.1 Å². The number of aryl methyl sites for hydroxylation is 1. The van der Waals surface area contributed by atoms with Gasteiger partial charge in [-0.15, -0.1) is 0 Å². The molecule has 3 amide bonds. The molecule has 3 aliphatic rings. The molecule has 0 radical (unpaired) electrons. The predicted molar refractivity (Wildman–Crippen MR) is 149 cm³/mol. The monoisotopic (exact) mass is 555 g/mol. The number of piperidine rings is 2. The summed E-state index contributed by atoms with van der Waals surface area (Å²) in [6.45, 7) is 7.34. The molecule has 5 rings (SSSR count). The number of rotatable bonds is 8. The molecular formula is C29H38FN5O3S. The van der Waals surface area contributed by atoms with Crippen LogP contribution in [0.25, 0.3) is 0 Å². The summed E-state index contributed by atoms with van der Waals surface area (Å²) in [4.78, 5) is 47.0. The second-order valence-corrected chi connectivity index (χ2v) is 12.4. The van der Waals surface area contributed by atoms with Crippen molar-refractivity contribution in [3.8, 4) is 0 Å². The number of likely N-dealkylation sites (tertiary alicyclic amines) is 2. The minimum Gasteiger partial charge on any atom is -0.340 e. The number of thiazole rings is 1. The van der Waals surface area contributed by atoms with Gasteiger partial charge in [-0.2, -0.15) is 0 Å². The first kappa shape index (κ1) is 27.7. The Hall–Kier alpha value is -2.85. The lowest BCUT2D eigenvalue weighted by atomic mass is 9.87. The molecule has 1 aromatic carbocycles. The van der Waals surface area contributed by atoms with Crippen LogP contribution in [0, 0.1) is 30.5 Å². The molecule has 3 fully saturated rings. The second kappa shape index (κ2) is 12.1. The van der Waals surface area contributed by atoms with E-state index in [9.17, 15) is 18.8 Å². The molecular weight excluding hydrogens is 517 g/mol. The van der Waals surface area contributed by atoms with Crippen molar-refractivity contribution in [1.82, 2.24) is 20.1 Å². The molecule has 1 saturated carbocycles. The molecule has 210 valence electrons. The van der Waals surface area contributed by atoms with Gasteiger partial charge in [-0.25, -0.2) is 14.2 Å². The van der Waals surface area contributed by atoms with Gasteiger partial charge in [-0.05, 0) is 81.5 Å². The molecule has 3 heterocycles. The summed E-state index contributed by atoms with van der Waals surface area (Å²) >= 11 is 1.18. The van der Waals surface area contributed by atoms with Crippen molar-refractivity contribution in [1.29, 1.82) is 0 Å². The summed E-state index contributed by atoms with van der Waals surface area (Å²) in [5.41, 5.74) is 1.77. The predicted octanol–water partition coefficient (Wildman–Crippen LogP) is 4.50. The molecule has 0 unspecified atom stereocenters. The third-order valence-electron chi connectivity index (χ3n) is 8.18. The Morgan fingerprint density at radius 3 is 2.54 bits per heavy atom. The summed E-state index contributed by atoms with van der Waals surface area (Å²) < 4.78 is 13.3. The van der Waals surface area contributed by atoms with Gasteiger partial charge in [0.15, 0.2) is 10.9 Å². The molecule has 2 aliphatic heterocycles. The number of nitrogens with zero attached hydrogens (tertiary/aromatic N) is 3. The van der Waals surface area contributed by atoms with Crippen molar-refractivity contribution in [3.63, 3.8) is 0 Å². The molecule has 10 heteroatoms. The first-order chi connectivity index (χ1) is 18.7. The van der Waals surface area contributed by atoms with Crippen molar-refractivity contribution >= 4 is 34.2 Å². The number of Topliss-reactive ketones (excluding diaryl/α,β-unsaturated/α-hetero) is 1. The molecule has 8 nitrogen and oxygen atoms in total. The normalized spacial score (nSPS) is 23.9. The van der Waals surface area contributed by atoms with E-state index in [0.717, 1.165) is 70.3 Å². The lowest BCUT2D eigenvalue weighted by Gasteiger charge is -2.42. The van der Waals surface area contributed by atoms with E-state index in [1.165, 1.54) is 30.4 Å². The van der Waals surface area contributed by atoms with Crippen LogP contribution in [0.2, 0.25) is 0 Å². The van der Waals surface area contributed by atoms with Crippen molar-refractivity contribution in [2.24, 2.45) is 17.8 Å². The minimum absolute atomic E-state index is 0.0701. The molecule has 2 saturated heterocycles. The summed E-state index contributed by atoms with van der Waals surface area (Å²) in [5, 5.41) is 6.35. The molecule has 1 aliphatic carbocycles. The topological polar surface area (TPSA) is 94.6 Å². The van der Waals surface area contributed by atoms with Gasteiger partial charge in [0.25, 0.3) is 0 Å². The zero-order valence-electron chi connectivity index (χ0n) is 22.7. The molecule has 2 aromatic rings. The molecule has 39 heavy (non-hydrogen) atoms. The number of hydrogen-bond acceptors (Lipinski definition) is 6. The van der Waals surface area contributed by atoms with Gasteiger partial charge >= 0.3 is 6.03 Å². The fraction of sp³-hybridized carbons (Fsp3) is 0.586. The van der Waals surface area contributed by atoms with Crippen LogP contribution in [0.1, 0.15) is 60.0 Å². The van der Waals surface area contributed by atoms with Crippen LogP contribution in [0.5, 0.6) is 0 Å². The highest BCUT2D eigenvalue weighted by atomic mass is 32.1. The van der Waals surface area contributed by atoms with E-state index in [1.807, 2.05) is 17.0 Å². The average Bonchev–Trinajstić information content (AvgIpc) is 3.68. The molecule has 0 bridgehead atoms. The minimum atomic E-state index is -0.359. The first-order valence-electron chi connectivity index (χ1n) is 14.1.